The van der Waals surface area contributed by atoms with Crippen LogP contribution in [0.2, 0.25) is 0 Å². The van der Waals surface area contributed by atoms with Crippen molar-refractivity contribution < 1.29 is 9.59 Å². The summed E-state index contributed by atoms with van der Waals surface area (Å²) < 4.78 is 0. The molecule has 0 spiro atoms. The molecular weight excluding hydrogens is 142 g/mol. The molecule has 0 saturated heterocycles. The van der Waals surface area contributed by atoms with Crippen molar-refractivity contribution in [3.05, 3.63) is 12.2 Å². The molecule has 0 radical (unpaired) electrons. The third-order valence-corrected chi connectivity index (χ3v) is 1.61. The molecule has 3 nitrogen and oxygen atoms in total. The normalized spacial score (nSPS) is 23.3. The lowest BCUT2D eigenvalue weighted by Crippen LogP contribution is -2.21. The number of hydrogen-bond acceptors (Lipinski definition) is 2. The van der Waals surface area contributed by atoms with Gasteiger partial charge < -0.3 is 0 Å². The minimum atomic E-state index is -0.285. The zero-order valence-electron chi connectivity index (χ0n) is 6.50. The molecule has 11 heavy (non-hydrogen) atoms. The van der Waals surface area contributed by atoms with E-state index in [1.807, 2.05) is 0 Å². The SMILES string of the molecule is CC(=O)C1C=CC(=O)N=C1C. The first kappa shape index (κ1) is 7.85. The van der Waals surface area contributed by atoms with Gasteiger partial charge in [0.05, 0.1) is 5.92 Å². The fourth-order valence-corrected chi connectivity index (χ4v) is 1.03. The first-order valence-corrected chi connectivity index (χ1v) is 3.39. The highest BCUT2D eigenvalue weighted by Gasteiger charge is 2.18. The van der Waals surface area contributed by atoms with E-state index in [1.54, 1.807) is 13.0 Å². The molecule has 0 saturated carbocycles. The van der Waals surface area contributed by atoms with E-state index in [1.165, 1.54) is 13.0 Å². The second-order valence-electron chi connectivity index (χ2n) is 2.54. The maximum atomic E-state index is 10.9. The topological polar surface area (TPSA) is 46.5 Å². The summed E-state index contributed by atoms with van der Waals surface area (Å²) in [4.78, 5) is 25.2. The lowest BCUT2D eigenvalue weighted by atomic mass is 9.98. The Balaban J connectivity index is 2.88. The third-order valence-electron chi connectivity index (χ3n) is 1.61. The zero-order chi connectivity index (χ0) is 8.43. The number of hydrogen-bond donors (Lipinski definition) is 0. The number of aliphatic imine (C=N–C) groups is 1. The average Bonchev–Trinajstić information content (AvgIpc) is 1.85. The van der Waals surface area contributed by atoms with Gasteiger partial charge in [0.15, 0.2) is 0 Å². The van der Waals surface area contributed by atoms with Gasteiger partial charge in [-0.3, -0.25) is 9.59 Å². The molecule has 0 bridgehead atoms. The Morgan fingerprint density at radius 1 is 1.64 bits per heavy atom. The van der Waals surface area contributed by atoms with Gasteiger partial charge in [0.1, 0.15) is 5.78 Å². The Morgan fingerprint density at radius 3 is 2.73 bits per heavy atom. The Bertz CT molecular complexity index is 263. The van der Waals surface area contributed by atoms with Gasteiger partial charge in [0.25, 0.3) is 5.91 Å². The fraction of sp³-hybridized carbons (Fsp3) is 0.375. The van der Waals surface area contributed by atoms with E-state index in [9.17, 15) is 9.59 Å². The van der Waals surface area contributed by atoms with Crippen LogP contribution in [0, 0.1) is 5.92 Å². The van der Waals surface area contributed by atoms with Crippen LogP contribution in [0.1, 0.15) is 13.8 Å². The molecule has 1 heterocycles. The van der Waals surface area contributed by atoms with Gasteiger partial charge in [0.2, 0.25) is 0 Å². The lowest BCUT2D eigenvalue weighted by Gasteiger charge is -2.10. The number of allylic oxidation sites excluding steroid dienone is 1. The minimum Gasteiger partial charge on any atom is -0.299 e. The van der Waals surface area contributed by atoms with E-state index in [4.69, 9.17) is 0 Å². The summed E-state index contributed by atoms with van der Waals surface area (Å²) in [6.07, 6.45) is 2.92. The van der Waals surface area contributed by atoms with Crippen molar-refractivity contribution in [2.45, 2.75) is 13.8 Å². The van der Waals surface area contributed by atoms with Gasteiger partial charge in [-0.2, -0.15) is 0 Å². The number of carbonyl (C=O) groups is 2. The lowest BCUT2D eigenvalue weighted by molar-refractivity contribution is -0.117. The summed E-state index contributed by atoms with van der Waals surface area (Å²) in [5.41, 5.74) is 0.588. The molecule has 1 rings (SSSR count). The van der Waals surface area contributed by atoms with Crippen LogP contribution in [0.25, 0.3) is 0 Å². The number of dihydropyridines is 1. The number of ketones is 1. The van der Waals surface area contributed by atoms with E-state index in [2.05, 4.69) is 4.99 Å². The van der Waals surface area contributed by atoms with Crippen molar-refractivity contribution in [2.24, 2.45) is 10.9 Å². The van der Waals surface area contributed by atoms with Crippen molar-refractivity contribution >= 4 is 17.4 Å². The number of carbonyl (C=O) groups excluding carboxylic acids is 2. The summed E-state index contributed by atoms with van der Waals surface area (Å²) in [5.74, 6) is -0.539. The monoisotopic (exact) mass is 151 g/mol. The summed E-state index contributed by atoms with van der Waals surface area (Å²) in [6, 6.07) is 0. The van der Waals surface area contributed by atoms with Crippen LogP contribution in [0.4, 0.5) is 0 Å². The Hall–Kier alpha value is -1.25. The largest absolute Gasteiger partial charge is 0.299 e. The molecule has 0 aromatic heterocycles. The summed E-state index contributed by atoms with van der Waals surface area (Å²) >= 11 is 0. The van der Waals surface area contributed by atoms with E-state index in [-0.39, 0.29) is 17.6 Å². The van der Waals surface area contributed by atoms with Crippen molar-refractivity contribution in [3.63, 3.8) is 0 Å². The number of nitrogens with zero attached hydrogens (tertiary/aromatic N) is 1. The smallest absolute Gasteiger partial charge is 0.269 e. The number of rotatable bonds is 1. The maximum Gasteiger partial charge on any atom is 0.269 e. The van der Waals surface area contributed by atoms with Gasteiger partial charge in [-0.25, -0.2) is 4.99 Å². The van der Waals surface area contributed by atoms with Crippen molar-refractivity contribution in [2.75, 3.05) is 0 Å². The van der Waals surface area contributed by atoms with Crippen molar-refractivity contribution in [1.29, 1.82) is 0 Å². The highest BCUT2D eigenvalue weighted by atomic mass is 16.1. The van der Waals surface area contributed by atoms with Crippen LogP contribution in [0.3, 0.4) is 0 Å². The molecule has 1 amide bonds. The molecule has 0 aromatic carbocycles. The van der Waals surface area contributed by atoms with Crippen LogP contribution in [0.15, 0.2) is 17.1 Å². The molecule has 1 atom stereocenters. The highest BCUT2D eigenvalue weighted by Crippen LogP contribution is 2.09. The van der Waals surface area contributed by atoms with Crippen LogP contribution < -0.4 is 0 Å². The summed E-state index contributed by atoms with van der Waals surface area (Å²) in [6.45, 7) is 3.18. The predicted molar refractivity (Wildman–Crippen MR) is 41.4 cm³/mol. The maximum absolute atomic E-state index is 10.9. The van der Waals surface area contributed by atoms with Crippen LogP contribution in [-0.4, -0.2) is 17.4 Å². The van der Waals surface area contributed by atoms with Crippen molar-refractivity contribution in [1.82, 2.24) is 0 Å². The Morgan fingerprint density at radius 2 is 2.27 bits per heavy atom. The molecule has 0 aliphatic carbocycles. The van der Waals surface area contributed by atoms with Crippen LogP contribution >= 0.6 is 0 Å². The zero-order valence-corrected chi connectivity index (χ0v) is 6.50. The molecule has 0 N–H and O–H groups in total. The van der Waals surface area contributed by atoms with Gasteiger partial charge in [-0.1, -0.05) is 6.08 Å². The van der Waals surface area contributed by atoms with Gasteiger partial charge in [0, 0.05) is 11.8 Å². The molecule has 0 fully saturated rings. The third kappa shape index (κ3) is 1.61. The van der Waals surface area contributed by atoms with Gasteiger partial charge in [-0.15, -0.1) is 0 Å². The van der Waals surface area contributed by atoms with Gasteiger partial charge in [-0.05, 0) is 13.8 Å². The molecule has 1 aliphatic rings. The van der Waals surface area contributed by atoms with Gasteiger partial charge >= 0.3 is 0 Å². The van der Waals surface area contributed by atoms with E-state index >= 15 is 0 Å². The second-order valence-corrected chi connectivity index (χ2v) is 2.54. The fourth-order valence-electron chi connectivity index (χ4n) is 1.03. The van der Waals surface area contributed by atoms with E-state index < -0.39 is 0 Å². The molecule has 1 unspecified atom stereocenters. The second kappa shape index (κ2) is 2.78. The van der Waals surface area contributed by atoms with E-state index in [0.29, 0.717) is 5.71 Å². The summed E-state index contributed by atoms with van der Waals surface area (Å²) in [5, 5.41) is 0. The van der Waals surface area contributed by atoms with Crippen LogP contribution in [0.5, 0.6) is 0 Å². The highest BCUT2D eigenvalue weighted by molar-refractivity contribution is 6.12. The standard InChI is InChI=1S/C8H9NO2/c1-5-7(6(2)10)3-4-8(11)9-5/h3-4,7H,1-2H3. The summed E-state index contributed by atoms with van der Waals surface area (Å²) in [7, 11) is 0. The quantitative estimate of drug-likeness (QED) is 0.555. The molecular formula is C8H9NO2. The Labute approximate surface area is 64.8 Å². The molecule has 58 valence electrons. The van der Waals surface area contributed by atoms with Crippen LogP contribution in [-0.2, 0) is 9.59 Å². The molecule has 3 heteroatoms. The first-order valence-electron chi connectivity index (χ1n) is 3.39. The molecule has 0 aromatic rings. The Kier molecular flexibility index (Phi) is 1.98. The predicted octanol–water partition coefficient (Wildman–Crippen LogP) is 0.749. The van der Waals surface area contributed by atoms with Crippen molar-refractivity contribution in [3.8, 4) is 0 Å². The van der Waals surface area contributed by atoms with E-state index in [0.717, 1.165) is 0 Å². The molecule has 1 aliphatic heterocycles. The minimum absolute atomic E-state index is 0.0231. The first-order chi connectivity index (χ1) is 5.11. The number of Topliss-reactive ketones (excluding diaryl/α,β-unsaturated/α-hetero) is 1. The number of amides is 1. The average molecular weight is 151 g/mol.